The highest BCUT2D eigenvalue weighted by molar-refractivity contribution is 5.23. The topological polar surface area (TPSA) is 33.0 Å². The molecule has 0 saturated heterocycles. The largest absolute Gasteiger partial charge is 0.360 e. The zero-order chi connectivity index (χ0) is 10.2. The van der Waals surface area contributed by atoms with Crippen molar-refractivity contribution < 1.29 is 4.74 Å². The van der Waals surface area contributed by atoms with Crippen molar-refractivity contribution in [3.63, 3.8) is 0 Å². The van der Waals surface area contributed by atoms with Gasteiger partial charge >= 0.3 is 0 Å². The highest BCUT2D eigenvalue weighted by Crippen LogP contribution is 2.15. The van der Waals surface area contributed by atoms with Crippen LogP contribution in [0.2, 0.25) is 0 Å². The number of benzene rings is 1. The molecule has 0 aromatic heterocycles. The summed E-state index contributed by atoms with van der Waals surface area (Å²) in [5, 5.41) is 8.34. The highest BCUT2D eigenvalue weighted by Gasteiger charge is 2.06. The van der Waals surface area contributed by atoms with Crippen molar-refractivity contribution >= 4 is 0 Å². The van der Waals surface area contributed by atoms with Crippen LogP contribution >= 0.6 is 0 Å². The van der Waals surface area contributed by atoms with Crippen molar-refractivity contribution in [1.29, 1.82) is 5.26 Å². The Balaban J connectivity index is 2.57. The Kier molecular flexibility index (Phi) is 4.27. The van der Waals surface area contributed by atoms with Crippen LogP contribution < -0.4 is 0 Å². The lowest BCUT2D eigenvalue weighted by Gasteiger charge is -2.10. The third kappa shape index (κ3) is 2.94. The van der Waals surface area contributed by atoms with Crippen LogP contribution in [0.25, 0.3) is 0 Å². The molecule has 2 nitrogen and oxygen atoms in total. The quantitative estimate of drug-likeness (QED) is 0.532. The van der Waals surface area contributed by atoms with Crippen molar-refractivity contribution in [2.24, 2.45) is 0 Å². The summed E-state index contributed by atoms with van der Waals surface area (Å²) in [6.45, 7) is 0.375. The van der Waals surface area contributed by atoms with E-state index in [4.69, 9.17) is 16.4 Å². The van der Waals surface area contributed by atoms with Gasteiger partial charge in [0.2, 0.25) is 0 Å². The van der Waals surface area contributed by atoms with E-state index in [0.717, 1.165) is 5.56 Å². The molecule has 0 spiro atoms. The van der Waals surface area contributed by atoms with E-state index < -0.39 is 0 Å². The molecular formula is C12H11NO. The molecule has 0 N–H and O–H groups in total. The molecule has 0 heterocycles. The molecule has 0 amide bonds. The normalized spacial score (nSPS) is 11.3. The molecule has 1 aromatic carbocycles. The van der Waals surface area contributed by atoms with Gasteiger partial charge in [-0.3, -0.25) is 0 Å². The number of rotatable bonds is 4. The van der Waals surface area contributed by atoms with Crippen molar-refractivity contribution in [1.82, 2.24) is 0 Å². The van der Waals surface area contributed by atoms with Crippen LogP contribution in [0, 0.1) is 23.7 Å². The number of hydrogen-bond acceptors (Lipinski definition) is 2. The zero-order valence-electron chi connectivity index (χ0n) is 7.81. The maximum absolute atomic E-state index is 8.34. The third-order valence-electron chi connectivity index (χ3n) is 1.75. The smallest absolute Gasteiger partial charge is 0.143 e. The summed E-state index contributed by atoms with van der Waals surface area (Å²) in [5.41, 5.74) is 0.952. The molecule has 14 heavy (non-hydrogen) atoms. The van der Waals surface area contributed by atoms with E-state index in [1.165, 1.54) is 0 Å². The molecule has 0 radical (unpaired) electrons. The second kappa shape index (κ2) is 5.80. The second-order valence-corrected chi connectivity index (χ2v) is 2.74. The predicted molar refractivity (Wildman–Crippen MR) is 54.2 cm³/mol. The fourth-order valence-corrected chi connectivity index (χ4v) is 1.09. The van der Waals surface area contributed by atoms with Gasteiger partial charge in [-0.05, 0) is 5.56 Å². The number of nitriles is 1. The third-order valence-corrected chi connectivity index (χ3v) is 1.75. The molecule has 0 bridgehead atoms. The fourth-order valence-electron chi connectivity index (χ4n) is 1.09. The molecule has 0 fully saturated rings. The van der Waals surface area contributed by atoms with Crippen LogP contribution in [0.5, 0.6) is 0 Å². The van der Waals surface area contributed by atoms with E-state index in [1.54, 1.807) is 0 Å². The number of nitrogens with zero attached hydrogens (tertiary/aromatic N) is 1. The SMILES string of the molecule is C#C[C@H](OCCC#N)c1ccccc1. The van der Waals surface area contributed by atoms with Crippen LogP contribution in [-0.2, 0) is 4.74 Å². The first-order chi connectivity index (χ1) is 6.88. The van der Waals surface area contributed by atoms with Gasteiger partial charge < -0.3 is 4.74 Å². The fraction of sp³-hybridized carbons (Fsp3) is 0.250. The van der Waals surface area contributed by atoms with Crippen molar-refractivity contribution in [3.8, 4) is 18.4 Å². The van der Waals surface area contributed by atoms with Crippen molar-refractivity contribution in [2.75, 3.05) is 6.61 Å². The van der Waals surface area contributed by atoms with E-state index in [0.29, 0.717) is 13.0 Å². The number of terminal acetylenes is 1. The van der Waals surface area contributed by atoms with Gasteiger partial charge in [-0.15, -0.1) is 6.42 Å². The standard InChI is InChI=1S/C12H11NO/c1-2-12(14-10-6-9-13)11-7-4-3-5-8-11/h1,3-5,7-8,12H,6,10H2/t12-/m0/s1. The van der Waals surface area contributed by atoms with Crippen molar-refractivity contribution in [2.45, 2.75) is 12.5 Å². The molecule has 0 saturated carbocycles. The molecule has 2 heteroatoms. The first-order valence-electron chi connectivity index (χ1n) is 4.38. The van der Waals surface area contributed by atoms with Gasteiger partial charge in [0.15, 0.2) is 0 Å². The Morgan fingerprint density at radius 2 is 2.07 bits per heavy atom. The lowest BCUT2D eigenvalue weighted by atomic mass is 10.1. The summed E-state index contributed by atoms with van der Waals surface area (Å²) < 4.78 is 5.36. The predicted octanol–water partition coefficient (Wildman–Crippen LogP) is 2.29. The second-order valence-electron chi connectivity index (χ2n) is 2.74. The van der Waals surface area contributed by atoms with Crippen LogP contribution in [0.1, 0.15) is 18.1 Å². The minimum absolute atomic E-state index is 0.343. The van der Waals surface area contributed by atoms with Gasteiger partial charge in [0.05, 0.1) is 19.1 Å². The first kappa shape index (κ1) is 10.3. The Labute approximate surface area is 84.1 Å². The summed E-state index contributed by atoms with van der Waals surface area (Å²) in [4.78, 5) is 0. The molecule has 0 aliphatic heterocycles. The molecule has 0 aliphatic rings. The lowest BCUT2D eigenvalue weighted by Crippen LogP contribution is -2.02. The average Bonchev–Trinajstić information content (AvgIpc) is 2.26. The van der Waals surface area contributed by atoms with E-state index in [-0.39, 0.29) is 6.10 Å². The summed E-state index contributed by atoms with van der Waals surface area (Å²) >= 11 is 0. The Morgan fingerprint density at radius 1 is 1.36 bits per heavy atom. The monoisotopic (exact) mass is 185 g/mol. The van der Waals surface area contributed by atoms with Gasteiger partial charge in [0.25, 0.3) is 0 Å². The maximum Gasteiger partial charge on any atom is 0.143 e. The van der Waals surface area contributed by atoms with E-state index in [2.05, 4.69) is 5.92 Å². The molecule has 0 aliphatic carbocycles. The Morgan fingerprint density at radius 3 is 2.64 bits per heavy atom. The Hall–Kier alpha value is -1.77. The van der Waals surface area contributed by atoms with Crippen LogP contribution in [-0.4, -0.2) is 6.61 Å². The maximum atomic E-state index is 8.34. The molecule has 70 valence electrons. The minimum atomic E-state index is -0.343. The van der Waals surface area contributed by atoms with Gasteiger partial charge in [0.1, 0.15) is 6.10 Å². The summed E-state index contributed by atoms with van der Waals surface area (Å²) in [6, 6.07) is 11.6. The van der Waals surface area contributed by atoms with Crippen LogP contribution in [0.4, 0.5) is 0 Å². The molecule has 1 rings (SSSR count). The minimum Gasteiger partial charge on any atom is -0.360 e. The van der Waals surface area contributed by atoms with E-state index in [9.17, 15) is 0 Å². The summed E-state index contributed by atoms with van der Waals surface area (Å²) in [7, 11) is 0. The van der Waals surface area contributed by atoms with Crippen LogP contribution in [0.3, 0.4) is 0 Å². The summed E-state index contributed by atoms with van der Waals surface area (Å²) in [6.07, 6.45) is 5.35. The van der Waals surface area contributed by atoms with E-state index >= 15 is 0 Å². The van der Waals surface area contributed by atoms with Gasteiger partial charge in [-0.25, -0.2) is 0 Å². The molecule has 1 aromatic rings. The molecule has 1 atom stereocenters. The van der Waals surface area contributed by atoms with Gasteiger partial charge in [-0.1, -0.05) is 36.3 Å². The Bertz CT molecular complexity index is 345. The van der Waals surface area contributed by atoms with Gasteiger partial charge in [0, 0.05) is 0 Å². The lowest BCUT2D eigenvalue weighted by molar-refractivity contribution is 0.0965. The molecular weight excluding hydrogens is 174 g/mol. The highest BCUT2D eigenvalue weighted by atomic mass is 16.5. The molecule has 0 unspecified atom stereocenters. The zero-order valence-corrected chi connectivity index (χ0v) is 7.81. The van der Waals surface area contributed by atoms with E-state index in [1.807, 2.05) is 36.4 Å². The number of ether oxygens (including phenoxy) is 1. The van der Waals surface area contributed by atoms with Gasteiger partial charge in [-0.2, -0.15) is 5.26 Å². The first-order valence-corrected chi connectivity index (χ1v) is 4.38. The number of hydrogen-bond donors (Lipinski definition) is 0. The van der Waals surface area contributed by atoms with Crippen LogP contribution in [0.15, 0.2) is 30.3 Å². The van der Waals surface area contributed by atoms with Crippen molar-refractivity contribution in [3.05, 3.63) is 35.9 Å². The average molecular weight is 185 g/mol. The summed E-state index contributed by atoms with van der Waals surface area (Å²) in [5.74, 6) is 2.55.